The first-order valence-electron chi connectivity index (χ1n) is 9.61. The van der Waals surface area contributed by atoms with Crippen molar-refractivity contribution in [3.05, 3.63) is 47.1 Å². The van der Waals surface area contributed by atoms with Crippen LogP contribution in [0.25, 0.3) is 0 Å². The van der Waals surface area contributed by atoms with Gasteiger partial charge in [-0.25, -0.2) is 4.79 Å². The highest BCUT2D eigenvalue weighted by atomic mass is 16.4. The van der Waals surface area contributed by atoms with Gasteiger partial charge in [0.2, 0.25) is 0 Å². The lowest BCUT2D eigenvalue weighted by Gasteiger charge is -2.32. The number of nitrogens with zero attached hydrogens (tertiary/aromatic N) is 1. The topological polar surface area (TPSA) is 49.7 Å². The van der Waals surface area contributed by atoms with E-state index >= 15 is 0 Å². The third kappa shape index (κ3) is 7.55. The lowest BCUT2D eigenvalue weighted by Crippen LogP contribution is -2.19. The van der Waals surface area contributed by atoms with Crippen LogP contribution in [0.5, 0.6) is 0 Å². The molecule has 0 heterocycles. The third-order valence-corrected chi connectivity index (χ3v) is 5.02. The molecule has 0 aromatic carbocycles. The summed E-state index contributed by atoms with van der Waals surface area (Å²) in [5.74, 6) is -0.559. The Bertz CT molecular complexity index is 633. The molecule has 0 aromatic heterocycles. The Balaban J connectivity index is 2.59. The van der Waals surface area contributed by atoms with Gasteiger partial charge in [-0.15, -0.1) is 0 Å². The van der Waals surface area contributed by atoms with Crippen molar-refractivity contribution in [2.75, 3.05) is 0 Å². The van der Waals surface area contributed by atoms with Gasteiger partial charge in [0.1, 0.15) is 6.04 Å². The monoisotopic (exact) mass is 357 g/mol. The van der Waals surface area contributed by atoms with Gasteiger partial charge in [-0.1, -0.05) is 62.3 Å². The number of carboxylic acid groups (broad SMARTS) is 1. The van der Waals surface area contributed by atoms with Gasteiger partial charge in [-0.05, 0) is 63.4 Å². The van der Waals surface area contributed by atoms with Gasteiger partial charge in [0.05, 0.1) is 0 Å². The molecule has 0 amide bonds. The molecular weight excluding hydrogens is 322 g/mol. The Kier molecular flexibility index (Phi) is 8.77. The molecule has 1 aliphatic rings. The standard InChI is InChI=1S/C23H35NO2/c1-17(12-13-21-19(3)11-8-15-23(21,5)6)9-7-10-18(2)14-16-24-20(4)22(25)26/h7,9-10,12-13,16,18,20H,8,11,14-15H2,1-6H3,(H,25,26)/b10-7+,13-12+,17-9+,24-16-/t18?,20-/m0/s1. The molecule has 0 saturated carbocycles. The summed E-state index contributed by atoms with van der Waals surface area (Å²) < 4.78 is 0. The number of allylic oxidation sites excluding steroid dienone is 8. The maximum atomic E-state index is 10.7. The van der Waals surface area contributed by atoms with Crippen LogP contribution in [-0.4, -0.2) is 23.3 Å². The van der Waals surface area contributed by atoms with Crippen molar-refractivity contribution in [1.29, 1.82) is 0 Å². The highest BCUT2D eigenvalue weighted by Gasteiger charge is 2.26. The van der Waals surface area contributed by atoms with Crippen LogP contribution in [0.1, 0.15) is 67.2 Å². The molecule has 0 saturated heterocycles. The summed E-state index contributed by atoms with van der Waals surface area (Å²) in [7, 11) is 0. The Morgan fingerprint density at radius 3 is 2.65 bits per heavy atom. The lowest BCUT2D eigenvalue weighted by molar-refractivity contribution is -0.137. The first kappa shape index (κ1) is 22.1. The van der Waals surface area contributed by atoms with Crippen LogP contribution in [0, 0.1) is 11.3 Å². The molecular formula is C23H35NO2. The number of aliphatic imine (C=N–C) groups is 1. The van der Waals surface area contributed by atoms with Gasteiger partial charge < -0.3 is 5.11 Å². The quantitative estimate of drug-likeness (QED) is 0.419. The van der Waals surface area contributed by atoms with E-state index in [-0.39, 0.29) is 5.41 Å². The van der Waals surface area contributed by atoms with E-state index in [2.05, 4.69) is 70.0 Å². The number of hydrogen-bond acceptors (Lipinski definition) is 2. The summed E-state index contributed by atoms with van der Waals surface area (Å²) in [6.45, 7) is 12.7. The van der Waals surface area contributed by atoms with Crippen LogP contribution >= 0.6 is 0 Å². The third-order valence-electron chi connectivity index (χ3n) is 5.02. The smallest absolute Gasteiger partial charge is 0.328 e. The zero-order valence-electron chi connectivity index (χ0n) is 17.2. The van der Waals surface area contributed by atoms with Gasteiger partial charge >= 0.3 is 5.97 Å². The van der Waals surface area contributed by atoms with E-state index in [4.69, 9.17) is 5.11 Å². The Morgan fingerprint density at radius 1 is 1.35 bits per heavy atom. The first-order chi connectivity index (χ1) is 12.1. The van der Waals surface area contributed by atoms with Crippen LogP contribution in [0.3, 0.4) is 0 Å². The molecule has 1 unspecified atom stereocenters. The highest BCUT2D eigenvalue weighted by molar-refractivity contribution is 5.75. The summed E-state index contributed by atoms with van der Waals surface area (Å²) in [6.07, 6.45) is 17.0. The fourth-order valence-corrected chi connectivity index (χ4v) is 3.21. The Hall–Kier alpha value is -1.90. The van der Waals surface area contributed by atoms with E-state index in [1.165, 1.54) is 36.0 Å². The number of aliphatic carboxylic acids is 1. The van der Waals surface area contributed by atoms with Gasteiger partial charge in [0.15, 0.2) is 0 Å². The van der Waals surface area contributed by atoms with Crippen molar-refractivity contribution >= 4 is 12.2 Å². The van der Waals surface area contributed by atoms with Gasteiger partial charge in [-0.3, -0.25) is 4.99 Å². The second kappa shape index (κ2) is 10.3. The maximum absolute atomic E-state index is 10.7. The highest BCUT2D eigenvalue weighted by Crippen LogP contribution is 2.40. The molecule has 0 radical (unpaired) electrons. The number of hydrogen-bond donors (Lipinski definition) is 1. The van der Waals surface area contributed by atoms with E-state index in [0.717, 1.165) is 6.42 Å². The normalized spacial score (nSPS) is 21.1. The minimum Gasteiger partial charge on any atom is -0.480 e. The molecule has 0 fully saturated rings. The molecule has 3 heteroatoms. The number of carbonyl (C=O) groups is 1. The molecule has 1 N–H and O–H groups in total. The summed E-state index contributed by atoms with van der Waals surface area (Å²) in [5.41, 5.74) is 4.50. The van der Waals surface area contributed by atoms with Gasteiger partial charge in [0.25, 0.3) is 0 Å². The zero-order chi connectivity index (χ0) is 19.7. The first-order valence-corrected chi connectivity index (χ1v) is 9.61. The molecule has 0 aliphatic heterocycles. The van der Waals surface area contributed by atoms with Crippen molar-refractivity contribution < 1.29 is 9.90 Å². The molecule has 0 spiro atoms. The zero-order valence-corrected chi connectivity index (χ0v) is 17.2. The van der Waals surface area contributed by atoms with E-state index < -0.39 is 12.0 Å². The Morgan fingerprint density at radius 2 is 2.04 bits per heavy atom. The van der Waals surface area contributed by atoms with E-state index in [1.54, 1.807) is 13.1 Å². The van der Waals surface area contributed by atoms with Crippen LogP contribution < -0.4 is 0 Å². The SMILES string of the molecule is CC1=C(/C=C/C(C)=C/C=C/C(C)C/C=N\[C@@H](C)C(=O)O)C(C)(C)CCC1. The lowest BCUT2D eigenvalue weighted by atomic mass is 9.72. The van der Waals surface area contributed by atoms with Crippen molar-refractivity contribution in [3.63, 3.8) is 0 Å². The van der Waals surface area contributed by atoms with Crippen LogP contribution in [0.2, 0.25) is 0 Å². The molecule has 0 aromatic rings. The van der Waals surface area contributed by atoms with E-state index in [0.29, 0.717) is 5.92 Å². The minimum absolute atomic E-state index is 0.274. The summed E-state index contributed by atoms with van der Waals surface area (Å²) >= 11 is 0. The predicted octanol–water partition coefficient (Wildman–Crippen LogP) is 6.14. The van der Waals surface area contributed by atoms with Crippen molar-refractivity contribution in [3.8, 4) is 0 Å². The van der Waals surface area contributed by atoms with Crippen molar-refractivity contribution in [2.45, 2.75) is 73.3 Å². The van der Waals surface area contributed by atoms with Crippen LogP contribution in [-0.2, 0) is 4.79 Å². The van der Waals surface area contributed by atoms with E-state index in [9.17, 15) is 4.79 Å². The second-order valence-corrected chi connectivity index (χ2v) is 8.12. The molecule has 3 nitrogen and oxygen atoms in total. The Labute approximate surface area is 159 Å². The van der Waals surface area contributed by atoms with Gasteiger partial charge in [-0.2, -0.15) is 0 Å². The van der Waals surface area contributed by atoms with Crippen LogP contribution in [0.15, 0.2) is 52.1 Å². The van der Waals surface area contributed by atoms with E-state index in [1.807, 2.05) is 0 Å². The minimum atomic E-state index is -0.888. The fourth-order valence-electron chi connectivity index (χ4n) is 3.21. The summed E-state index contributed by atoms with van der Waals surface area (Å²) in [6, 6.07) is -0.666. The molecule has 1 aliphatic carbocycles. The predicted molar refractivity (Wildman–Crippen MR) is 112 cm³/mol. The second-order valence-electron chi connectivity index (χ2n) is 8.12. The molecule has 1 rings (SSSR count). The van der Waals surface area contributed by atoms with Crippen LogP contribution in [0.4, 0.5) is 0 Å². The fraction of sp³-hybridized carbons (Fsp3) is 0.565. The average Bonchev–Trinajstić information content (AvgIpc) is 2.53. The average molecular weight is 358 g/mol. The molecule has 26 heavy (non-hydrogen) atoms. The summed E-state index contributed by atoms with van der Waals surface area (Å²) in [4.78, 5) is 14.7. The van der Waals surface area contributed by atoms with Crippen molar-refractivity contribution in [1.82, 2.24) is 0 Å². The largest absolute Gasteiger partial charge is 0.480 e. The molecule has 144 valence electrons. The summed E-state index contributed by atoms with van der Waals surface area (Å²) in [5, 5.41) is 8.80. The molecule has 0 bridgehead atoms. The number of rotatable bonds is 8. The molecule has 2 atom stereocenters. The number of carboxylic acids is 1. The van der Waals surface area contributed by atoms with Crippen molar-refractivity contribution in [2.24, 2.45) is 16.3 Å². The van der Waals surface area contributed by atoms with Gasteiger partial charge in [0, 0.05) is 6.21 Å². The maximum Gasteiger partial charge on any atom is 0.328 e.